The van der Waals surface area contributed by atoms with Crippen molar-refractivity contribution in [3.8, 4) is 11.5 Å². The van der Waals surface area contributed by atoms with Crippen LogP contribution in [0.4, 0.5) is 0 Å². The van der Waals surface area contributed by atoms with Crippen LogP contribution in [-0.2, 0) is 16.1 Å². The van der Waals surface area contributed by atoms with Gasteiger partial charge in [-0.1, -0.05) is 6.07 Å². The van der Waals surface area contributed by atoms with Crippen LogP contribution in [0.5, 0.6) is 11.5 Å². The monoisotopic (exact) mass is 443 g/mol. The van der Waals surface area contributed by atoms with Crippen LogP contribution in [0.15, 0.2) is 42.7 Å². The zero-order chi connectivity index (χ0) is 19.1. The van der Waals surface area contributed by atoms with Gasteiger partial charge in [0, 0.05) is 25.5 Å². The molecular weight excluding hydrogens is 417 g/mol. The maximum atomic E-state index is 12.3. The summed E-state index contributed by atoms with van der Waals surface area (Å²) in [5.41, 5.74) is 1.96. The lowest BCUT2D eigenvalue weighted by Gasteiger charge is -2.25. The SMILES string of the molecule is COc1cc(C(C)NC(=O)C2CNCCO2)ccc1OCc1ccncc1.Cl.Cl. The number of hydrogen-bond donors (Lipinski definition) is 2. The summed E-state index contributed by atoms with van der Waals surface area (Å²) in [5, 5.41) is 6.14. The number of nitrogens with zero attached hydrogens (tertiary/aromatic N) is 1. The Bertz CT molecular complexity index is 759. The van der Waals surface area contributed by atoms with E-state index in [4.69, 9.17) is 14.2 Å². The molecule has 2 aromatic rings. The summed E-state index contributed by atoms with van der Waals surface area (Å²) in [6.07, 6.45) is 3.01. The predicted octanol–water partition coefficient (Wildman–Crippen LogP) is 2.68. The van der Waals surface area contributed by atoms with E-state index in [-0.39, 0.29) is 36.8 Å². The Morgan fingerprint density at radius 2 is 2.03 bits per heavy atom. The van der Waals surface area contributed by atoms with Gasteiger partial charge in [0.25, 0.3) is 5.91 Å². The van der Waals surface area contributed by atoms with Crippen molar-refractivity contribution in [2.75, 3.05) is 26.8 Å². The van der Waals surface area contributed by atoms with Crippen molar-refractivity contribution < 1.29 is 19.0 Å². The van der Waals surface area contributed by atoms with Crippen LogP contribution in [0.3, 0.4) is 0 Å². The molecule has 2 heterocycles. The number of carbonyl (C=O) groups is 1. The number of morpholine rings is 1. The summed E-state index contributed by atoms with van der Waals surface area (Å²) >= 11 is 0. The van der Waals surface area contributed by atoms with Gasteiger partial charge in [0.15, 0.2) is 11.5 Å². The molecule has 1 aliphatic heterocycles. The van der Waals surface area contributed by atoms with Gasteiger partial charge >= 0.3 is 0 Å². The first-order valence-corrected chi connectivity index (χ1v) is 8.99. The first kappa shape index (κ1) is 25.0. The number of nitrogens with one attached hydrogen (secondary N) is 2. The highest BCUT2D eigenvalue weighted by Crippen LogP contribution is 2.31. The van der Waals surface area contributed by atoms with E-state index in [0.29, 0.717) is 31.3 Å². The normalized spacial score (nSPS) is 16.6. The molecule has 1 aromatic carbocycles. The van der Waals surface area contributed by atoms with Crippen molar-refractivity contribution >= 4 is 30.7 Å². The number of pyridine rings is 1. The standard InChI is InChI=1S/C20H25N3O4.2ClH/c1-14(23-20(24)19-12-22-9-10-26-19)16-3-4-17(18(11-16)25-2)27-13-15-5-7-21-8-6-15;;/h3-8,11,14,19,22H,9-10,12-13H2,1-2H3,(H,23,24);2*1H. The topological polar surface area (TPSA) is 81.7 Å². The van der Waals surface area contributed by atoms with Gasteiger partial charge in [-0.2, -0.15) is 0 Å². The van der Waals surface area contributed by atoms with Crippen LogP contribution in [-0.4, -0.2) is 43.8 Å². The van der Waals surface area contributed by atoms with Gasteiger partial charge < -0.3 is 24.8 Å². The number of halogens is 2. The van der Waals surface area contributed by atoms with Crippen molar-refractivity contribution in [3.05, 3.63) is 53.9 Å². The lowest BCUT2D eigenvalue weighted by Crippen LogP contribution is -2.48. The van der Waals surface area contributed by atoms with E-state index in [1.54, 1.807) is 19.5 Å². The molecule has 7 nitrogen and oxygen atoms in total. The quantitative estimate of drug-likeness (QED) is 0.684. The van der Waals surface area contributed by atoms with Crippen LogP contribution in [0.25, 0.3) is 0 Å². The maximum absolute atomic E-state index is 12.3. The van der Waals surface area contributed by atoms with Gasteiger partial charge in [0.2, 0.25) is 0 Å². The van der Waals surface area contributed by atoms with E-state index >= 15 is 0 Å². The number of rotatable bonds is 7. The van der Waals surface area contributed by atoms with Crippen LogP contribution in [0.1, 0.15) is 24.1 Å². The molecule has 0 saturated carbocycles. The average Bonchev–Trinajstić information content (AvgIpc) is 2.73. The molecule has 1 aromatic heterocycles. The Kier molecular flexibility index (Phi) is 10.8. The van der Waals surface area contributed by atoms with E-state index in [1.807, 2.05) is 37.3 Å². The lowest BCUT2D eigenvalue weighted by molar-refractivity contribution is -0.134. The highest BCUT2D eigenvalue weighted by Gasteiger charge is 2.23. The second kappa shape index (κ2) is 12.5. The number of aromatic nitrogens is 1. The third-order valence-corrected chi connectivity index (χ3v) is 4.41. The van der Waals surface area contributed by atoms with Gasteiger partial charge in [-0.3, -0.25) is 9.78 Å². The largest absolute Gasteiger partial charge is 0.493 e. The summed E-state index contributed by atoms with van der Waals surface area (Å²) in [4.78, 5) is 16.3. The maximum Gasteiger partial charge on any atom is 0.250 e. The summed E-state index contributed by atoms with van der Waals surface area (Å²) in [7, 11) is 1.60. The third kappa shape index (κ3) is 7.04. The first-order chi connectivity index (χ1) is 13.2. The van der Waals surface area contributed by atoms with Crippen LogP contribution < -0.4 is 20.1 Å². The average molecular weight is 444 g/mol. The van der Waals surface area contributed by atoms with Gasteiger partial charge in [0.1, 0.15) is 12.7 Å². The molecule has 1 fully saturated rings. The first-order valence-electron chi connectivity index (χ1n) is 8.99. The van der Waals surface area contributed by atoms with Crippen LogP contribution in [0.2, 0.25) is 0 Å². The van der Waals surface area contributed by atoms with Crippen molar-refractivity contribution in [3.63, 3.8) is 0 Å². The van der Waals surface area contributed by atoms with Gasteiger partial charge in [-0.15, -0.1) is 24.8 Å². The summed E-state index contributed by atoms with van der Waals surface area (Å²) in [5.74, 6) is 1.15. The lowest BCUT2D eigenvalue weighted by atomic mass is 10.1. The van der Waals surface area contributed by atoms with E-state index in [9.17, 15) is 4.79 Å². The summed E-state index contributed by atoms with van der Waals surface area (Å²) in [6.45, 7) is 4.21. The Labute approximate surface area is 183 Å². The van der Waals surface area contributed by atoms with E-state index < -0.39 is 6.10 Å². The highest BCUT2D eigenvalue weighted by atomic mass is 35.5. The van der Waals surface area contributed by atoms with E-state index in [0.717, 1.165) is 17.7 Å². The number of methoxy groups -OCH3 is 1. The van der Waals surface area contributed by atoms with Crippen molar-refractivity contribution in [2.24, 2.45) is 0 Å². The molecule has 9 heteroatoms. The molecule has 0 aliphatic carbocycles. The smallest absolute Gasteiger partial charge is 0.250 e. The number of carbonyl (C=O) groups excluding carboxylic acids is 1. The number of ether oxygens (including phenoxy) is 3. The van der Waals surface area contributed by atoms with Crippen molar-refractivity contribution in [1.29, 1.82) is 0 Å². The summed E-state index contributed by atoms with van der Waals surface area (Å²) in [6, 6.07) is 9.30. The van der Waals surface area contributed by atoms with Crippen molar-refractivity contribution in [2.45, 2.75) is 25.7 Å². The minimum atomic E-state index is -0.453. The zero-order valence-corrected chi connectivity index (χ0v) is 18.1. The Balaban J connectivity index is 0.00000210. The number of amides is 1. The Morgan fingerprint density at radius 1 is 1.28 bits per heavy atom. The molecule has 3 rings (SSSR count). The fourth-order valence-electron chi connectivity index (χ4n) is 2.84. The van der Waals surface area contributed by atoms with Gasteiger partial charge in [0.05, 0.1) is 19.8 Å². The molecule has 0 bridgehead atoms. The van der Waals surface area contributed by atoms with Crippen molar-refractivity contribution in [1.82, 2.24) is 15.6 Å². The second-order valence-corrected chi connectivity index (χ2v) is 6.35. The minimum absolute atomic E-state index is 0. The Hall–Kier alpha value is -2.06. The van der Waals surface area contributed by atoms with Gasteiger partial charge in [-0.25, -0.2) is 0 Å². The minimum Gasteiger partial charge on any atom is -0.493 e. The zero-order valence-electron chi connectivity index (χ0n) is 16.4. The molecule has 2 atom stereocenters. The van der Waals surface area contributed by atoms with E-state index in [2.05, 4.69) is 15.6 Å². The summed E-state index contributed by atoms with van der Waals surface area (Å²) < 4.78 is 16.8. The molecule has 29 heavy (non-hydrogen) atoms. The van der Waals surface area contributed by atoms with Crippen LogP contribution in [0, 0.1) is 0 Å². The van der Waals surface area contributed by atoms with E-state index in [1.165, 1.54) is 0 Å². The molecule has 0 spiro atoms. The Morgan fingerprint density at radius 3 is 2.69 bits per heavy atom. The molecule has 160 valence electrons. The molecule has 2 unspecified atom stereocenters. The predicted molar refractivity (Wildman–Crippen MR) is 115 cm³/mol. The fourth-order valence-corrected chi connectivity index (χ4v) is 2.84. The highest BCUT2D eigenvalue weighted by molar-refractivity contribution is 5.85. The third-order valence-electron chi connectivity index (χ3n) is 4.41. The molecule has 1 amide bonds. The number of hydrogen-bond acceptors (Lipinski definition) is 6. The fraction of sp³-hybridized carbons (Fsp3) is 0.400. The molecule has 1 saturated heterocycles. The van der Waals surface area contributed by atoms with Gasteiger partial charge in [-0.05, 0) is 42.3 Å². The van der Waals surface area contributed by atoms with Crippen LogP contribution >= 0.6 is 24.8 Å². The molecule has 1 aliphatic rings. The molecule has 0 radical (unpaired) electrons. The molecular formula is C20H27Cl2N3O4. The number of benzene rings is 1. The second-order valence-electron chi connectivity index (χ2n) is 6.35. The molecule has 2 N–H and O–H groups in total.